The van der Waals surface area contributed by atoms with Crippen LogP contribution in [0.25, 0.3) is 0 Å². The second kappa shape index (κ2) is 4.20. The van der Waals surface area contributed by atoms with Crippen LogP contribution in [-0.4, -0.2) is 11.6 Å². The summed E-state index contributed by atoms with van der Waals surface area (Å²) in [6, 6.07) is 0. The molecule has 15 heavy (non-hydrogen) atoms. The molecule has 84 valence electrons. The molecule has 1 aromatic heterocycles. The average molecular weight is 226 g/mol. The van der Waals surface area contributed by atoms with Crippen molar-refractivity contribution in [3.05, 3.63) is 15.6 Å². The van der Waals surface area contributed by atoms with Gasteiger partial charge in [0.05, 0.1) is 5.69 Å². The predicted molar refractivity (Wildman–Crippen MR) is 61.9 cm³/mol. The van der Waals surface area contributed by atoms with Crippen molar-refractivity contribution in [1.29, 1.82) is 0 Å². The van der Waals surface area contributed by atoms with Crippen LogP contribution in [0, 0.1) is 0 Å². The van der Waals surface area contributed by atoms with Crippen molar-refractivity contribution in [3.8, 4) is 0 Å². The number of rotatable bonds is 3. The molecule has 3 nitrogen and oxygen atoms in total. The minimum atomic E-state index is -0.151. The molecule has 0 aliphatic carbocycles. The molecule has 0 bridgehead atoms. The quantitative estimate of drug-likeness (QED) is 0.859. The first-order chi connectivity index (χ1) is 7.19. The fourth-order valence-corrected chi connectivity index (χ4v) is 3.15. The lowest BCUT2D eigenvalue weighted by molar-refractivity contribution is 0.0165. The maximum Gasteiger partial charge on any atom is 0.125 e. The number of aryl methyl sites for hydroxylation is 1. The lowest BCUT2D eigenvalue weighted by atomic mass is 10.0. The van der Waals surface area contributed by atoms with Gasteiger partial charge in [-0.05, 0) is 26.2 Å². The fraction of sp³-hybridized carbons (Fsp3) is 0.727. The summed E-state index contributed by atoms with van der Waals surface area (Å²) < 4.78 is 5.79. The normalized spacial score (nSPS) is 26.1. The molecule has 0 spiro atoms. The zero-order valence-corrected chi connectivity index (χ0v) is 10.2. The third-order valence-electron chi connectivity index (χ3n) is 2.97. The molecule has 1 atom stereocenters. The van der Waals surface area contributed by atoms with Crippen molar-refractivity contribution in [2.45, 2.75) is 45.3 Å². The maximum absolute atomic E-state index is 5.79. The van der Waals surface area contributed by atoms with Crippen LogP contribution in [-0.2, 0) is 23.3 Å². The highest BCUT2D eigenvalue weighted by Gasteiger charge is 2.35. The summed E-state index contributed by atoms with van der Waals surface area (Å²) in [6.07, 6.45) is 3.17. The Bertz CT molecular complexity index is 321. The molecule has 2 rings (SSSR count). The molecule has 2 N–H and O–H groups in total. The van der Waals surface area contributed by atoms with Gasteiger partial charge in [-0.2, -0.15) is 0 Å². The highest BCUT2D eigenvalue weighted by atomic mass is 32.1. The van der Waals surface area contributed by atoms with Crippen molar-refractivity contribution in [1.82, 2.24) is 4.98 Å². The largest absolute Gasteiger partial charge is 0.368 e. The van der Waals surface area contributed by atoms with Gasteiger partial charge in [0.1, 0.15) is 10.6 Å². The molecule has 2 heterocycles. The Hall–Kier alpha value is -0.450. The van der Waals surface area contributed by atoms with E-state index in [2.05, 4.69) is 18.8 Å². The van der Waals surface area contributed by atoms with Crippen LogP contribution >= 0.6 is 11.3 Å². The van der Waals surface area contributed by atoms with Gasteiger partial charge in [-0.15, -0.1) is 11.3 Å². The number of nitrogens with two attached hydrogens (primary N) is 1. The molecule has 0 amide bonds. The highest BCUT2D eigenvalue weighted by Crippen LogP contribution is 2.38. The van der Waals surface area contributed by atoms with Gasteiger partial charge in [0.2, 0.25) is 0 Å². The lowest BCUT2D eigenvalue weighted by Crippen LogP contribution is -2.19. The predicted octanol–water partition coefficient (Wildman–Crippen LogP) is 2.19. The zero-order valence-electron chi connectivity index (χ0n) is 9.38. The topological polar surface area (TPSA) is 48.1 Å². The first-order valence-corrected chi connectivity index (χ1v) is 6.34. The highest BCUT2D eigenvalue weighted by molar-refractivity contribution is 7.11. The van der Waals surface area contributed by atoms with E-state index >= 15 is 0 Å². The van der Waals surface area contributed by atoms with E-state index in [9.17, 15) is 0 Å². The molecule has 1 aliphatic rings. The van der Waals surface area contributed by atoms with Crippen LogP contribution in [0.4, 0.5) is 0 Å². The van der Waals surface area contributed by atoms with E-state index in [1.54, 1.807) is 11.3 Å². The van der Waals surface area contributed by atoms with Crippen molar-refractivity contribution in [2.75, 3.05) is 6.61 Å². The van der Waals surface area contributed by atoms with E-state index in [4.69, 9.17) is 10.5 Å². The molecular weight excluding hydrogens is 208 g/mol. The van der Waals surface area contributed by atoms with E-state index in [-0.39, 0.29) is 5.60 Å². The van der Waals surface area contributed by atoms with Gasteiger partial charge in [0, 0.05) is 18.0 Å². The molecule has 0 saturated carbocycles. The lowest BCUT2D eigenvalue weighted by Gasteiger charge is -2.19. The van der Waals surface area contributed by atoms with Crippen LogP contribution in [0.3, 0.4) is 0 Å². The first-order valence-electron chi connectivity index (χ1n) is 5.52. The first kappa shape index (κ1) is 11.0. The SMILES string of the molecule is CCc1nc(C2(C)CCCO2)sc1CN. The molecule has 0 aromatic carbocycles. The summed E-state index contributed by atoms with van der Waals surface area (Å²) >= 11 is 1.72. The fourth-order valence-electron chi connectivity index (χ4n) is 1.99. The van der Waals surface area contributed by atoms with Gasteiger partial charge in [-0.1, -0.05) is 6.92 Å². The number of hydrogen-bond acceptors (Lipinski definition) is 4. The minimum absolute atomic E-state index is 0.151. The van der Waals surface area contributed by atoms with Gasteiger partial charge < -0.3 is 10.5 Å². The second-order valence-corrected chi connectivity index (χ2v) is 5.21. The minimum Gasteiger partial charge on any atom is -0.368 e. The molecule has 1 aliphatic heterocycles. The van der Waals surface area contributed by atoms with Gasteiger partial charge in [0.25, 0.3) is 0 Å². The van der Waals surface area contributed by atoms with Crippen LogP contribution in [0.1, 0.15) is 42.3 Å². The third-order valence-corrected chi connectivity index (χ3v) is 4.33. The maximum atomic E-state index is 5.79. The monoisotopic (exact) mass is 226 g/mol. The van der Waals surface area contributed by atoms with E-state index in [1.807, 2.05) is 0 Å². The third kappa shape index (κ3) is 1.94. The molecule has 4 heteroatoms. The van der Waals surface area contributed by atoms with Crippen LogP contribution in [0.2, 0.25) is 0 Å². The summed E-state index contributed by atoms with van der Waals surface area (Å²) in [5.41, 5.74) is 6.71. The summed E-state index contributed by atoms with van der Waals surface area (Å²) in [6.45, 7) is 5.71. The van der Waals surface area contributed by atoms with E-state index in [0.29, 0.717) is 6.54 Å². The Labute approximate surface area is 94.7 Å². The number of nitrogens with zero attached hydrogens (tertiary/aromatic N) is 1. The van der Waals surface area contributed by atoms with E-state index in [0.717, 1.165) is 36.6 Å². The molecule has 0 radical (unpaired) electrons. The molecular formula is C11H18N2OS. The zero-order chi connectivity index (χ0) is 10.9. The standard InChI is InChI=1S/C11H18N2OS/c1-3-8-9(7-12)15-10(13-8)11(2)5-4-6-14-11/h3-7,12H2,1-2H3. The Morgan fingerprint density at radius 3 is 2.87 bits per heavy atom. The Balaban J connectivity index is 2.32. The van der Waals surface area contributed by atoms with Crippen LogP contribution in [0.15, 0.2) is 0 Å². The smallest absolute Gasteiger partial charge is 0.125 e. The molecule has 1 unspecified atom stereocenters. The molecule has 1 fully saturated rings. The average Bonchev–Trinajstić information content (AvgIpc) is 2.84. The summed E-state index contributed by atoms with van der Waals surface area (Å²) in [5, 5.41) is 1.11. The van der Waals surface area contributed by atoms with Crippen LogP contribution in [0.5, 0.6) is 0 Å². The number of hydrogen-bond donors (Lipinski definition) is 1. The van der Waals surface area contributed by atoms with Crippen molar-refractivity contribution >= 4 is 11.3 Å². The Kier molecular flexibility index (Phi) is 3.09. The summed E-state index contributed by atoms with van der Waals surface area (Å²) in [5.74, 6) is 0. The van der Waals surface area contributed by atoms with E-state index < -0.39 is 0 Å². The van der Waals surface area contributed by atoms with Gasteiger partial charge in [0.15, 0.2) is 0 Å². The Morgan fingerprint density at radius 1 is 1.60 bits per heavy atom. The number of aromatic nitrogens is 1. The molecule has 1 saturated heterocycles. The van der Waals surface area contributed by atoms with Crippen LogP contribution < -0.4 is 5.73 Å². The molecule has 1 aromatic rings. The summed E-state index contributed by atoms with van der Waals surface area (Å²) in [7, 11) is 0. The van der Waals surface area contributed by atoms with Crippen molar-refractivity contribution in [3.63, 3.8) is 0 Å². The van der Waals surface area contributed by atoms with Crippen molar-refractivity contribution in [2.24, 2.45) is 5.73 Å². The van der Waals surface area contributed by atoms with Gasteiger partial charge >= 0.3 is 0 Å². The Morgan fingerprint density at radius 2 is 2.40 bits per heavy atom. The second-order valence-electron chi connectivity index (χ2n) is 4.13. The van der Waals surface area contributed by atoms with Gasteiger partial charge in [-0.3, -0.25) is 0 Å². The van der Waals surface area contributed by atoms with Gasteiger partial charge in [-0.25, -0.2) is 4.98 Å². The van der Waals surface area contributed by atoms with Crippen molar-refractivity contribution < 1.29 is 4.74 Å². The number of thiazole rings is 1. The van der Waals surface area contributed by atoms with E-state index in [1.165, 1.54) is 4.88 Å². The summed E-state index contributed by atoms with van der Waals surface area (Å²) in [4.78, 5) is 5.88. The number of ether oxygens (including phenoxy) is 1.